The number of anilines is 6. The van der Waals surface area contributed by atoms with Gasteiger partial charge in [-0.05, 0) is 182 Å². The highest BCUT2D eigenvalue weighted by molar-refractivity contribution is 7.00. The monoisotopic (exact) mass is 805 g/mol. The molecule has 11 rings (SSSR count). The predicted molar refractivity (Wildman–Crippen MR) is 261 cm³/mol. The SMILES string of the molecule is Cc1cc2c3c(c1)N(c1ccccc1)c1c(oc4cc5c(cc14)C(C)(C)CCC5(C)C)B3c1cc3c(cc1N2c1ccc2c(c1)C(C)(C)CCC2(C)C)C(C)(C)CCC3(C)C. The molecule has 0 saturated heterocycles. The molecule has 4 heteroatoms. The lowest BCUT2D eigenvalue weighted by Crippen LogP contribution is -2.61. The molecule has 0 fully saturated rings. The Labute approximate surface area is 366 Å². The first kappa shape index (κ1) is 39.2. The second-order valence-corrected chi connectivity index (χ2v) is 23.9. The van der Waals surface area contributed by atoms with E-state index in [0.29, 0.717) is 0 Å². The van der Waals surface area contributed by atoms with Crippen LogP contribution in [0.25, 0.3) is 11.0 Å². The molecule has 0 radical (unpaired) electrons. The lowest BCUT2D eigenvalue weighted by molar-refractivity contribution is 0.332. The van der Waals surface area contributed by atoms with Crippen LogP contribution in [0, 0.1) is 6.92 Å². The Hall–Kier alpha value is -4.70. The topological polar surface area (TPSA) is 19.6 Å². The Balaban J connectivity index is 1.27. The van der Waals surface area contributed by atoms with Gasteiger partial charge in [-0.2, -0.15) is 0 Å². The number of para-hydroxylation sites is 1. The Kier molecular flexibility index (Phi) is 7.88. The van der Waals surface area contributed by atoms with Gasteiger partial charge < -0.3 is 14.2 Å². The van der Waals surface area contributed by atoms with Crippen LogP contribution < -0.4 is 26.4 Å². The van der Waals surface area contributed by atoms with Crippen LogP contribution >= 0.6 is 0 Å². The molecule has 3 heterocycles. The summed E-state index contributed by atoms with van der Waals surface area (Å²) in [5.74, 6) is 0. The van der Waals surface area contributed by atoms with Gasteiger partial charge in [0, 0.05) is 33.8 Å². The third-order valence-electron chi connectivity index (χ3n) is 16.9. The average molecular weight is 805 g/mol. The van der Waals surface area contributed by atoms with Gasteiger partial charge in [0.1, 0.15) is 5.58 Å². The van der Waals surface area contributed by atoms with E-state index >= 15 is 0 Å². The molecule has 0 atom stereocenters. The zero-order valence-electron chi connectivity index (χ0n) is 39.2. The molecular weight excluding hydrogens is 739 g/mol. The lowest BCUT2D eigenvalue weighted by Gasteiger charge is -2.47. The highest BCUT2D eigenvalue weighted by Gasteiger charge is 2.50. The maximum atomic E-state index is 7.55. The van der Waals surface area contributed by atoms with E-state index < -0.39 is 0 Å². The molecule has 6 aromatic rings. The van der Waals surface area contributed by atoms with Crippen LogP contribution in [-0.4, -0.2) is 6.71 Å². The van der Waals surface area contributed by atoms with Crippen molar-refractivity contribution in [3.05, 3.63) is 124 Å². The van der Waals surface area contributed by atoms with Gasteiger partial charge in [-0.3, -0.25) is 0 Å². The van der Waals surface area contributed by atoms with E-state index in [-0.39, 0.29) is 39.2 Å². The van der Waals surface area contributed by atoms with Crippen LogP contribution in [0.2, 0.25) is 0 Å². The number of furan rings is 1. The molecule has 0 unspecified atom stereocenters. The number of benzene rings is 5. The fourth-order valence-electron chi connectivity index (χ4n) is 12.6. The number of fused-ring (bicyclic) bond motifs is 9. The van der Waals surface area contributed by atoms with Crippen LogP contribution in [0.5, 0.6) is 0 Å². The van der Waals surface area contributed by atoms with Crippen molar-refractivity contribution < 1.29 is 4.42 Å². The summed E-state index contributed by atoms with van der Waals surface area (Å²) in [7, 11) is 0. The fourth-order valence-corrected chi connectivity index (χ4v) is 12.6. The van der Waals surface area contributed by atoms with Gasteiger partial charge in [-0.25, -0.2) is 0 Å². The number of rotatable bonds is 2. The van der Waals surface area contributed by atoms with Crippen LogP contribution in [-0.2, 0) is 32.5 Å². The third kappa shape index (κ3) is 5.48. The van der Waals surface area contributed by atoms with Crippen molar-refractivity contribution in [2.75, 3.05) is 9.80 Å². The molecule has 61 heavy (non-hydrogen) atoms. The van der Waals surface area contributed by atoms with E-state index in [1.807, 2.05) is 0 Å². The minimum atomic E-state index is -0.0728. The van der Waals surface area contributed by atoms with Crippen LogP contribution in [0.4, 0.5) is 34.1 Å². The van der Waals surface area contributed by atoms with Crippen molar-refractivity contribution >= 4 is 68.4 Å². The average Bonchev–Trinajstić information content (AvgIpc) is 3.57. The molecule has 0 N–H and O–H groups in total. The number of nitrogens with zero attached hydrogens (tertiary/aromatic N) is 2. The molecule has 3 aliphatic carbocycles. The maximum absolute atomic E-state index is 7.55. The highest BCUT2D eigenvalue weighted by atomic mass is 16.3. The van der Waals surface area contributed by atoms with Gasteiger partial charge in [0.15, 0.2) is 0 Å². The number of hydrogen-bond donors (Lipinski definition) is 0. The smallest absolute Gasteiger partial charge is 0.297 e. The molecule has 0 amide bonds. The molecule has 0 saturated carbocycles. The summed E-state index contributed by atoms with van der Waals surface area (Å²) in [6, 6.07) is 33.7. The molecular formula is C57H65BN2O. The Morgan fingerprint density at radius 2 is 0.951 bits per heavy atom. The van der Waals surface area contributed by atoms with Crippen molar-refractivity contribution in [3.63, 3.8) is 0 Å². The molecule has 5 aliphatic rings. The highest BCUT2D eigenvalue weighted by Crippen LogP contribution is 2.54. The molecule has 0 bridgehead atoms. The second-order valence-electron chi connectivity index (χ2n) is 23.9. The van der Waals surface area contributed by atoms with Crippen molar-refractivity contribution in [3.8, 4) is 0 Å². The molecule has 3 nitrogen and oxygen atoms in total. The summed E-state index contributed by atoms with van der Waals surface area (Å²) in [5, 5.41) is 1.22. The van der Waals surface area contributed by atoms with E-state index in [1.54, 1.807) is 0 Å². The largest absolute Gasteiger partial charge is 0.468 e. The molecule has 0 spiro atoms. The summed E-state index contributed by atoms with van der Waals surface area (Å²) in [6.07, 6.45) is 7.08. The second kappa shape index (κ2) is 12.3. The van der Waals surface area contributed by atoms with E-state index in [1.165, 1.54) is 128 Å². The van der Waals surface area contributed by atoms with Gasteiger partial charge in [0.2, 0.25) is 0 Å². The van der Waals surface area contributed by atoms with Crippen molar-refractivity contribution in [1.82, 2.24) is 0 Å². The van der Waals surface area contributed by atoms with Crippen LogP contribution in [0.3, 0.4) is 0 Å². The van der Waals surface area contributed by atoms with Gasteiger partial charge in [0.05, 0.1) is 11.3 Å². The maximum Gasteiger partial charge on any atom is 0.297 e. The first-order valence-corrected chi connectivity index (χ1v) is 23.4. The quantitative estimate of drug-likeness (QED) is 0.162. The third-order valence-corrected chi connectivity index (χ3v) is 16.9. The standard InChI is InChI=1S/C57H65BN2O/c1-34-27-46-49-47(28-34)60(35-17-15-14-16-18-35)50-37-30-40-43(57(12,13)26-23-54(40,6)7)33-48(37)61-51(50)58(49)44-31-41-42(56(10,11)25-24-55(41,8)9)32-45(44)59(46)36-19-20-38-39(29-36)53(4,5)22-21-52(38,2)3/h14-20,27-33H,21-26H2,1-13H3. The van der Waals surface area contributed by atoms with E-state index in [2.05, 4.69) is 185 Å². The first-order chi connectivity index (χ1) is 28.6. The van der Waals surface area contributed by atoms with Crippen LogP contribution in [0.1, 0.15) is 161 Å². The Morgan fingerprint density at radius 1 is 0.459 bits per heavy atom. The summed E-state index contributed by atoms with van der Waals surface area (Å²) in [6.45, 7) is 31.7. The minimum absolute atomic E-state index is 0.0557. The summed E-state index contributed by atoms with van der Waals surface area (Å²) >= 11 is 0. The van der Waals surface area contributed by atoms with Gasteiger partial charge >= 0.3 is 0 Å². The van der Waals surface area contributed by atoms with Crippen molar-refractivity contribution in [2.45, 2.75) is 161 Å². The zero-order chi connectivity index (χ0) is 43.0. The van der Waals surface area contributed by atoms with Crippen LogP contribution in [0.15, 0.2) is 89.3 Å². The molecule has 2 aliphatic heterocycles. The molecule has 5 aromatic carbocycles. The molecule has 312 valence electrons. The number of aryl methyl sites for hydroxylation is 1. The Morgan fingerprint density at radius 3 is 1.54 bits per heavy atom. The minimum Gasteiger partial charge on any atom is -0.468 e. The summed E-state index contributed by atoms with van der Waals surface area (Å²) in [4.78, 5) is 5.22. The zero-order valence-corrected chi connectivity index (χ0v) is 39.2. The summed E-state index contributed by atoms with van der Waals surface area (Å²) in [5.41, 5.74) is 22.9. The fraction of sp³-hybridized carbons (Fsp3) is 0.439. The number of hydrogen-bond acceptors (Lipinski definition) is 3. The van der Waals surface area contributed by atoms with E-state index in [0.717, 1.165) is 11.2 Å². The van der Waals surface area contributed by atoms with Gasteiger partial charge in [-0.1, -0.05) is 113 Å². The van der Waals surface area contributed by atoms with Crippen molar-refractivity contribution in [2.24, 2.45) is 0 Å². The molecule has 1 aromatic heterocycles. The Bertz CT molecular complexity index is 2850. The lowest BCUT2D eigenvalue weighted by atomic mass is 9.35. The normalized spacial score (nSPS) is 21.5. The van der Waals surface area contributed by atoms with Crippen molar-refractivity contribution in [1.29, 1.82) is 0 Å². The van der Waals surface area contributed by atoms with E-state index in [9.17, 15) is 0 Å². The first-order valence-electron chi connectivity index (χ1n) is 23.4. The summed E-state index contributed by atoms with van der Waals surface area (Å²) < 4.78 is 7.55. The van der Waals surface area contributed by atoms with Gasteiger partial charge in [-0.15, -0.1) is 0 Å². The van der Waals surface area contributed by atoms with Gasteiger partial charge in [0.25, 0.3) is 6.71 Å². The predicted octanol–water partition coefficient (Wildman–Crippen LogP) is 13.9. The van der Waals surface area contributed by atoms with E-state index in [4.69, 9.17) is 4.42 Å².